The van der Waals surface area contributed by atoms with Crippen molar-refractivity contribution in [1.29, 1.82) is 0 Å². The molecule has 0 aromatic heterocycles. The smallest absolute Gasteiger partial charge is 0.0619 e. The van der Waals surface area contributed by atoms with Crippen molar-refractivity contribution in [2.45, 2.75) is 44.7 Å². The largest absolute Gasteiger partial charge is 0.380 e. The molecule has 2 saturated heterocycles. The molecular formula is C17H26N2O. The van der Waals surface area contributed by atoms with E-state index in [1.165, 1.54) is 56.4 Å². The second kappa shape index (κ2) is 7.09. The first-order chi connectivity index (χ1) is 9.92. The number of hydrogen-bond acceptors (Lipinski definition) is 3. The second-order valence-electron chi connectivity index (χ2n) is 6.01. The number of anilines is 1. The van der Waals surface area contributed by atoms with Crippen LogP contribution in [0, 0.1) is 0 Å². The fourth-order valence-corrected chi connectivity index (χ4v) is 3.14. The summed E-state index contributed by atoms with van der Waals surface area (Å²) in [7, 11) is 0. The van der Waals surface area contributed by atoms with E-state index in [4.69, 9.17) is 4.74 Å². The number of rotatable bonds is 4. The van der Waals surface area contributed by atoms with Crippen LogP contribution in [0.4, 0.5) is 5.69 Å². The topological polar surface area (TPSA) is 24.5 Å². The lowest BCUT2D eigenvalue weighted by Crippen LogP contribution is -2.36. The third-order valence-electron chi connectivity index (χ3n) is 4.41. The molecule has 0 bridgehead atoms. The van der Waals surface area contributed by atoms with Gasteiger partial charge in [0.2, 0.25) is 0 Å². The van der Waals surface area contributed by atoms with Gasteiger partial charge >= 0.3 is 0 Å². The lowest BCUT2D eigenvalue weighted by Gasteiger charge is -2.29. The van der Waals surface area contributed by atoms with Crippen LogP contribution >= 0.6 is 0 Å². The van der Waals surface area contributed by atoms with Crippen LogP contribution in [0.1, 0.15) is 37.7 Å². The van der Waals surface area contributed by atoms with Gasteiger partial charge in [0.05, 0.1) is 6.61 Å². The van der Waals surface area contributed by atoms with Gasteiger partial charge in [0.15, 0.2) is 0 Å². The highest BCUT2D eigenvalue weighted by molar-refractivity contribution is 5.47. The summed E-state index contributed by atoms with van der Waals surface area (Å²) in [5, 5.41) is 3.60. The number of nitrogens with one attached hydrogen (secondary N) is 1. The van der Waals surface area contributed by atoms with Crippen LogP contribution in [0.3, 0.4) is 0 Å². The van der Waals surface area contributed by atoms with Crippen LogP contribution < -0.4 is 10.2 Å². The quantitative estimate of drug-likeness (QED) is 0.913. The monoisotopic (exact) mass is 274 g/mol. The van der Waals surface area contributed by atoms with Crippen molar-refractivity contribution >= 4 is 5.69 Å². The zero-order chi connectivity index (χ0) is 13.6. The number of hydrogen-bond donors (Lipinski definition) is 1. The Morgan fingerprint density at radius 1 is 1.05 bits per heavy atom. The third-order valence-corrected chi connectivity index (χ3v) is 4.41. The van der Waals surface area contributed by atoms with Crippen molar-refractivity contribution in [3.63, 3.8) is 0 Å². The zero-order valence-corrected chi connectivity index (χ0v) is 12.3. The van der Waals surface area contributed by atoms with Gasteiger partial charge in [-0.15, -0.1) is 0 Å². The van der Waals surface area contributed by atoms with Crippen molar-refractivity contribution in [3.8, 4) is 0 Å². The van der Waals surface area contributed by atoms with Gasteiger partial charge in [0.1, 0.15) is 0 Å². The molecule has 2 aliphatic heterocycles. The molecule has 3 heteroatoms. The zero-order valence-electron chi connectivity index (χ0n) is 12.3. The van der Waals surface area contributed by atoms with Crippen molar-refractivity contribution < 1.29 is 4.74 Å². The molecule has 0 spiro atoms. The molecule has 1 unspecified atom stereocenters. The Labute approximate surface area is 122 Å². The maximum absolute atomic E-state index is 5.50. The first kappa shape index (κ1) is 13.9. The molecule has 2 fully saturated rings. The maximum Gasteiger partial charge on any atom is 0.0619 e. The van der Waals surface area contributed by atoms with E-state index in [1.807, 2.05) is 0 Å². The summed E-state index contributed by atoms with van der Waals surface area (Å²) in [6.45, 7) is 5.19. The number of benzene rings is 1. The molecule has 0 saturated carbocycles. The van der Waals surface area contributed by atoms with Gasteiger partial charge in [0, 0.05) is 38.0 Å². The Balaban J connectivity index is 1.50. The molecule has 1 N–H and O–H groups in total. The average molecular weight is 274 g/mol. The minimum absolute atomic E-state index is 0.533. The van der Waals surface area contributed by atoms with Gasteiger partial charge in [-0.05, 0) is 49.8 Å². The van der Waals surface area contributed by atoms with E-state index in [0.717, 1.165) is 19.8 Å². The number of piperidine rings is 1. The fraction of sp³-hybridized carbons (Fsp3) is 0.647. The fourth-order valence-electron chi connectivity index (χ4n) is 3.14. The third kappa shape index (κ3) is 3.74. The Morgan fingerprint density at radius 3 is 2.55 bits per heavy atom. The van der Waals surface area contributed by atoms with Gasteiger partial charge in [-0.3, -0.25) is 0 Å². The Hall–Kier alpha value is -1.06. The summed E-state index contributed by atoms with van der Waals surface area (Å²) in [4.78, 5) is 2.51. The molecule has 1 aromatic rings. The van der Waals surface area contributed by atoms with Crippen molar-refractivity contribution in [3.05, 3.63) is 29.8 Å². The molecule has 0 amide bonds. The average Bonchev–Trinajstić information content (AvgIpc) is 2.55. The second-order valence-corrected chi connectivity index (χ2v) is 6.01. The number of nitrogens with zero attached hydrogens (tertiary/aromatic N) is 1. The lowest BCUT2D eigenvalue weighted by atomic mass is 10.1. The summed E-state index contributed by atoms with van der Waals surface area (Å²) < 4.78 is 5.50. The normalized spacial score (nSPS) is 23.8. The molecule has 1 aromatic carbocycles. The van der Waals surface area contributed by atoms with E-state index in [2.05, 4.69) is 34.5 Å². The Morgan fingerprint density at radius 2 is 1.85 bits per heavy atom. The summed E-state index contributed by atoms with van der Waals surface area (Å²) in [6, 6.07) is 9.62. The van der Waals surface area contributed by atoms with E-state index < -0.39 is 0 Å². The van der Waals surface area contributed by atoms with E-state index in [9.17, 15) is 0 Å². The molecule has 2 aliphatic rings. The Bertz CT molecular complexity index is 392. The van der Waals surface area contributed by atoms with E-state index in [-0.39, 0.29) is 0 Å². The van der Waals surface area contributed by atoms with Gasteiger partial charge in [0.25, 0.3) is 0 Å². The molecule has 20 heavy (non-hydrogen) atoms. The molecule has 3 nitrogen and oxygen atoms in total. The van der Waals surface area contributed by atoms with Gasteiger partial charge < -0.3 is 15.0 Å². The van der Waals surface area contributed by atoms with E-state index >= 15 is 0 Å². The minimum Gasteiger partial charge on any atom is -0.380 e. The predicted molar refractivity (Wildman–Crippen MR) is 83.2 cm³/mol. The summed E-state index contributed by atoms with van der Waals surface area (Å²) in [5.41, 5.74) is 2.76. The highest BCUT2D eigenvalue weighted by Gasteiger charge is 2.13. The van der Waals surface area contributed by atoms with Gasteiger partial charge in [-0.25, -0.2) is 0 Å². The van der Waals surface area contributed by atoms with Gasteiger partial charge in [-0.1, -0.05) is 12.1 Å². The van der Waals surface area contributed by atoms with E-state index in [0.29, 0.717) is 6.04 Å². The molecule has 2 heterocycles. The maximum atomic E-state index is 5.50. The van der Waals surface area contributed by atoms with Crippen LogP contribution in [0.25, 0.3) is 0 Å². The summed E-state index contributed by atoms with van der Waals surface area (Å²) >= 11 is 0. The van der Waals surface area contributed by atoms with Crippen LogP contribution in [0.5, 0.6) is 0 Å². The first-order valence-electron chi connectivity index (χ1n) is 8.07. The molecule has 0 aliphatic carbocycles. The van der Waals surface area contributed by atoms with E-state index in [1.54, 1.807) is 0 Å². The van der Waals surface area contributed by atoms with Crippen LogP contribution in [0.15, 0.2) is 24.3 Å². The highest BCUT2D eigenvalue weighted by atomic mass is 16.5. The predicted octanol–water partition coefficient (Wildman–Crippen LogP) is 2.95. The first-order valence-corrected chi connectivity index (χ1v) is 8.07. The highest BCUT2D eigenvalue weighted by Crippen LogP contribution is 2.20. The lowest BCUT2D eigenvalue weighted by molar-refractivity contribution is 0.0699. The van der Waals surface area contributed by atoms with Gasteiger partial charge in [-0.2, -0.15) is 0 Å². The summed E-state index contributed by atoms with van der Waals surface area (Å²) in [6.07, 6.45) is 6.50. The SMILES string of the molecule is c1cc(N2CCCCC2)ccc1CNC1CCCOC1. The van der Waals surface area contributed by atoms with Crippen molar-refractivity contribution in [1.82, 2.24) is 5.32 Å². The van der Waals surface area contributed by atoms with Crippen LogP contribution in [0.2, 0.25) is 0 Å². The molecule has 0 radical (unpaired) electrons. The molecular weight excluding hydrogens is 248 g/mol. The van der Waals surface area contributed by atoms with Crippen LogP contribution in [-0.2, 0) is 11.3 Å². The summed E-state index contributed by atoms with van der Waals surface area (Å²) in [5.74, 6) is 0. The standard InChI is InChI=1S/C17H26N2O/c1-2-10-19(11-3-1)17-8-6-15(7-9-17)13-18-16-5-4-12-20-14-16/h6-9,16,18H,1-5,10-14H2. The van der Waals surface area contributed by atoms with Crippen LogP contribution in [-0.4, -0.2) is 32.3 Å². The van der Waals surface area contributed by atoms with Crippen molar-refractivity contribution in [2.24, 2.45) is 0 Å². The minimum atomic E-state index is 0.533. The van der Waals surface area contributed by atoms with Crippen molar-refractivity contribution in [2.75, 3.05) is 31.2 Å². The molecule has 110 valence electrons. The number of ether oxygens (including phenoxy) is 1. The Kier molecular flexibility index (Phi) is 4.93. The molecule has 1 atom stereocenters. The molecule has 3 rings (SSSR count).